The molecule has 0 saturated carbocycles. The molecular weight excluding hydrogens is 452 g/mol. The summed E-state index contributed by atoms with van der Waals surface area (Å²) in [7, 11) is 2.64. The summed E-state index contributed by atoms with van der Waals surface area (Å²) in [6, 6.07) is 13.2. The van der Waals surface area contributed by atoms with Crippen molar-refractivity contribution < 1.29 is 19.1 Å². The van der Waals surface area contributed by atoms with Crippen LogP contribution in [0.5, 0.6) is 0 Å². The first-order valence-electron chi connectivity index (χ1n) is 10.5. The van der Waals surface area contributed by atoms with Crippen LogP contribution in [0.3, 0.4) is 0 Å². The van der Waals surface area contributed by atoms with Crippen molar-refractivity contribution in [1.82, 2.24) is 15.3 Å². The number of nitrogens with one attached hydrogen (secondary N) is 2. The van der Waals surface area contributed by atoms with E-state index in [0.29, 0.717) is 27.7 Å². The minimum Gasteiger partial charge on any atom is -0.466 e. The standard InChI is InChI=1S/C25H24N4O4S/c1-14-20(23(30)32-3)22(21(15(2)27-14)24(31)33-4)16-8-7-9-17(12-16)28-25-29-19(13-34-25)18-10-5-6-11-26-18/h5-13,22,27H,1-4H3,(H,28,29). The molecule has 3 aromatic rings. The molecule has 8 nitrogen and oxygen atoms in total. The van der Waals surface area contributed by atoms with Crippen LogP contribution in [-0.4, -0.2) is 36.1 Å². The number of anilines is 2. The third kappa shape index (κ3) is 4.55. The third-order valence-electron chi connectivity index (χ3n) is 5.47. The lowest BCUT2D eigenvalue weighted by Gasteiger charge is -2.30. The number of esters is 2. The van der Waals surface area contributed by atoms with Crippen LogP contribution < -0.4 is 10.6 Å². The smallest absolute Gasteiger partial charge is 0.336 e. The van der Waals surface area contributed by atoms with Crippen molar-refractivity contribution in [3.63, 3.8) is 0 Å². The predicted molar refractivity (Wildman–Crippen MR) is 130 cm³/mol. The van der Waals surface area contributed by atoms with Gasteiger partial charge in [-0.25, -0.2) is 14.6 Å². The fraction of sp³-hybridized carbons (Fsp3) is 0.200. The van der Waals surface area contributed by atoms with E-state index in [2.05, 4.69) is 20.6 Å². The number of thiazole rings is 1. The Labute approximate surface area is 201 Å². The normalized spacial score (nSPS) is 14.0. The molecule has 0 bridgehead atoms. The number of carbonyl (C=O) groups is 2. The van der Waals surface area contributed by atoms with E-state index >= 15 is 0 Å². The summed E-state index contributed by atoms with van der Waals surface area (Å²) in [4.78, 5) is 34.4. The maximum Gasteiger partial charge on any atom is 0.336 e. The highest BCUT2D eigenvalue weighted by Crippen LogP contribution is 2.40. The average Bonchev–Trinajstić information content (AvgIpc) is 3.32. The molecule has 1 aliphatic heterocycles. The van der Waals surface area contributed by atoms with Gasteiger partial charge in [0.25, 0.3) is 0 Å². The highest BCUT2D eigenvalue weighted by atomic mass is 32.1. The van der Waals surface area contributed by atoms with Crippen LogP contribution in [0.25, 0.3) is 11.4 Å². The number of carbonyl (C=O) groups excluding carboxylic acids is 2. The van der Waals surface area contributed by atoms with E-state index in [9.17, 15) is 9.59 Å². The van der Waals surface area contributed by atoms with E-state index in [1.165, 1.54) is 25.6 Å². The van der Waals surface area contributed by atoms with Gasteiger partial charge in [0, 0.05) is 28.7 Å². The van der Waals surface area contributed by atoms with E-state index in [1.807, 2.05) is 47.8 Å². The zero-order chi connectivity index (χ0) is 24.2. The number of nitrogens with zero attached hydrogens (tertiary/aromatic N) is 2. The minimum absolute atomic E-state index is 0.359. The highest BCUT2D eigenvalue weighted by molar-refractivity contribution is 7.14. The van der Waals surface area contributed by atoms with E-state index in [0.717, 1.165) is 22.6 Å². The Morgan fingerprint density at radius 1 is 0.971 bits per heavy atom. The number of dihydropyridines is 1. The molecule has 0 spiro atoms. The van der Waals surface area contributed by atoms with Gasteiger partial charge in [0.05, 0.1) is 37.0 Å². The number of benzene rings is 1. The molecule has 0 aliphatic carbocycles. The molecule has 0 fully saturated rings. The molecule has 2 aromatic heterocycles. The van der Waals surface area contributed by atoms with Crippen LogP contribution in [0.15, 0.2) is 76.6 Å². The quantitative estimate of drug-likeness (QED) is 0.501. The summed E-state index contributed by atoms with van der Waals surface area (Å²) in [5, 5.41) is 9.05. The Kier molecular flexibility index (Phi) is 6.74. The first kappa shape index (κ1) is 23.2. The molecule has 0 amide bonds. The largest absolute Gasteiger partial charge is 0.466 e. The second-order valence-electron chi connectivity index (χ2n) is 7.62. The second-order valence-corrected chi connectivity index (χ2v) is 8.48. The molecule has 9 heteroatoms. The average molecular weight is 477 g/mol. The molecular formula is C25H24N4O4S. The van der Waals surface area contributed by atoms with Crippen molar-refractivity contribution in [2.24, 2.45) is 0 Å². The summed E-state index contributed by atoms with van der Waals surface area (Å²) in [5.74, 6) is -1.67. The SMILES string of the molecule is COC(=O)C1=C(C)NC(C)=C(C(=O)OC)C1c1cccc(Nc2nc(-c3ccccn3)cs2)c1. The zero-order valence-electron chi connectivity index (χ0n) is 19.2. The Bertz CT molecular complexity index is 1260. The van der Waals surface area contributed by atoms with Gasteiger partial charge in [-0.05, 0) is 43.7 Å². The van der Waals surface area contributed by atoms with Crippen molar-refractivity contribution in [3.8, 4) is 11.4 Å². The predicted octanol–water partition coefficient (Wildman–Crippen LogP) is 4.53. The molecule has 0 unspecified atom stereocenters. The Morgan fingerprint density at radius 2 is 1.68 bits per heavy atom. The Balaban J connectivity index is 1.70. The van der Waals surface area contributed by atoms with Crippen molar-refractivity contribution in [1.29, 1.82) is 0 Å². The number of aromatic nitrogens is 2. The van der Waals surface area contributed by atoms with Crippen molar-refractivity contribution in [3.05, 3.63) is 82.1 Å². The van der Waals surface area contributed by atoms with Gasteiger partial charge < -0.3 is 20.1 Å². The lowest BCUT2D eigenvalue weighted by atomic mass is 9.80. The molecule has 4 rings (SSSR count). The topological polar surface area (TPSA) is 102 Å². The molecule has 2 N–H and O–H groups in total. The third-order valence-corrected chi connectivity index (χ3v) is 6.23. The number of ether oxygens (including phenoxy) is 2. The molecule has 174 valence electrons. The van der Waals surface area contributed by atoms with Crippen LogP contribution in [0.1, 0.15) is 25.3 Å². The maximum atomic E-state index is 12.7. The summed E-state index contributed by atoms with van der Waals surface area (Å²) < 4.78 is 10.1. The van der Waals surface area contributed by atoms with Gasteiger partial charge in [-0.2, -0.15) is 0 Å². The first-order valence-corrected chi connectivity index (χ1v) is 11.4. The number of hydrogen-bond donors (Lipinski definition) is 2. The summed E-state index contributed by atoms with van der Waals surface area (Å²) in [5.41, 5.74) is 5.05. The Hall–Kier alpha value is -3.98. The van der Waals surface area contributed by atoms with Gasteiger partial charge in [0.1, 0.15) is 5.69 Å². The molecule has 1 aliphatic rings. The van der Waals surface area contributed by atoms with Crippen LogP contribution >= 0.6 is 11.3 Å². The van der Waals surface area contributed by atoms with Crippen molar-refractivity contribution in [2.75, 3.05) is 19.5 Å². The van der Waals surface area contributed by atoms with E-state index in [-0.39, 0.29) is 0 Å². The summed E-state index contributed by atoms with van der Waals surface area (Å²) in [6.07, 6.45) is 1.73. The summed E-state index contributed by atoms with van der Waals surface area (Å²) in [6.45, 7) is 3.57. The fourth-order valence-corrected chi connectivity index (χ4v) is 4.70. The second kappa shape index (κ2) is 9.88. The van der Waals surface area contributed by atoms with Gasteiger partial charge in [-0.3, -0.25) is 4.98 Å². The lowest BCUT2D eigenvalue weighted by molar-refractivity contribution is -0.137. The number of hydrogen-bond acceptors (Lipinski definition) is 9. The van der Waals surface area contributed by atoms with E-state index in [4.69, 9.17) is 9.47 Å². The van der Waals surface area contributed by atoms with Gasteiger partial charge in [0.2, 0.25) is 0 Å². The number of methoxy groups -OCH3 is 2. The molecule has 3 heterocycles. The lowest BCUT2D eigenvalue weighted by Crippen LogP contribution is -2.32. The van der Waals surface area contributed by atoms with E-state index in [1.54, 1.807) is 20.0 Å². The van der Waals surface area contributed by atoms with Crippen LogP contribution in [0.4, 0.5) is 10.8 Å². The van der Waals surface area contributed by atoms with Crippen LogP contribution in [-0.2, 0) is 19.1 Å². The van der Waals surface area contributed by atoms with Crippen molar-refractivity contribution >= 4 is 34.1 Å². The zero-order valence-corrected chi connectivity index (χ0v) is 20.0. The first-order chi connectivity index (χ1) is 16.4. The molecule has 0 radical (unpaired) electrons. The van der Waals surface area contributed by atoms with E-state index < -0.39 is 17.9 Å². The van der Waals surface area contributed by atoms with Crippen LogP contribution in [0.2, 0.25) is 0 Å². The molecule has 1 aromatic carbocycles. The molecule has 34 heavy (non-hydrogen) atoms. The number of pyridine rings is 1. The van der Waals surface area contributed by atoms with Crippen LogP contribution in [0, 0.1) is 0 Å². The van der Waals surface area contributed by atoms with Crippen molar-refractivity contribution in [2.45, 2.75) is 19.8 Å². The fourth-order valence-electron chi connectivity index (χ4n) is 3.97. The van der Waals surface area contributed by atoms with Gasteiger partial charge in [0.15, 0.2) is 5.13 Å². The highest BCUT2D eigenvalue weighted by Gasteiger charge is 2.37. The number of rotatable bonds is 6. The van der Waals surface area contributed by atoms with Gasteiger partial charge in [-0.1, -0.05) is 18.2 Å². The Morgan fingerprint density at radius 3 is 2.29 bits per heavy atom. The van der Waals surface area contributed by atoms with Gasteiger partial charge in [-0.15, -0.1) is 11.3 Å². The summed E-state index contributed by atoms with van der Waals surface area (Å²) >= 11 is 1.46. The minimum atomic E-state index is -0.650. The molecule has 0 atom stereocenters. The molecule has 0 saturated heterocycles. The van der Waals surface area contributed by atoms with Gasteiger partial charge >= 0.3 is 11.9 Å². The maximum absolute atomic E-state index is 12.7. The monoisotopic (exact) mass is 476 g/mol. The number of allylic oxidation sites excluding steroid dienone is 2.